The first kappa shape index (κ1) is 20.1. The second-order valence-corrected chi connectivity index (χ2v) is 7.43. The van der Waals surface area contributed by atoms with Gasteiger partial charge in [-0.2, -0.15) is 0 Å². The summed E-state index contributed by atoms with van der Waals surface area (Å²) in [6.45, 7) is 0. The fraction of sp³-hybridized carbons (Fsp3) is 0.333. The van der Waals surface area contributed by atoms with Crippen molar-refractivity contribution in [2.75, 3.05) is 5.73 Å². The lowest BCUT2D eigenvalue weighted by atomic mass is 10.1. The number of nitrogens with zero attached hydrogens (tertiary/aromatic N) is 2. The van der Waals surface area contributed by atoms with Gasteiger partial charge in [0.25, 0.3) is 11.4 Å². The highest BCUT2D eigenvalue weighted by molar-refractivity contribution is 9.10. The summed E-state index contributed by atoms with van der Waals surface area (Å²) in [7, 11) is 0. The molecule has 4 rings (SSSR count). The maximum absolute atomic E-state index is 13.2. The molecule has 0 saturated carbocycles. The molecule has 0 saturated heterocycles. The Morgan fingerprint density at radius 3 is 1.82 bits per heavy atom. The summed E-state index contributed by atoms with van der Waals surface area (Å²) in [5.74, 6) is -1.23. The number of halogens is 3. The van der Waals surface area contributed by atoms with Crippen molar-refractivity contribution in [1.82, 2.24) is 0 Å². The molecular weight excluding hydrogens is 440 g/mol. The third-order valence-corrected chi connectivity index (χ3v) is 5.74. The Kier molecular flexibility index (Phi) is 5.59. The van der Waals surface area contributed by atoms with Gasteiger partial charge >= 0.3 is 0 Å². The van der Waals surface area contributed by atoms with Gasteiger partial charge in [-0.1, -0.05) is 0 Å². The zero-order valence-corrected chi connectivity index (χ0v) is 16.2. The molecule has 2 aromatic carbocycles. The number of aryl methyl sites for hydroxylation is 2. The predicted molar refractivity (Wildman–Crippen MR) is 102 cm³/mol. The van der Waals surface area contributed by atoms with Gasteiger partial charge in [-0.05, 0) is 77.7 Å². The largest absolute Gasteiger partial charge is 0.391 e. The molecule has 0 unspecified atom stereocenters. The van der Waals surface area contributed by atoms with Gasteiger partial charge in [0.1, 0.15) is 16.0 Å². The van der Waals surface area contributed by atoms with Crippen molar-refractivity contribution in [2.45, 2.75) is 38.5 Å². The first-order chi connectivity index (χ1) is 13.2. The van der Waals surface area contributed by atoms with E-state index in [1.807, 2.05) is 0 Å². The van der Waals surface area contributed by atoms with Gasteiger partial charge in [-0.15, -0.1) is 0 Å². The zero-order chi connectivity index (χ0) is 20.6. The molecule has 2 aliphatic carbocycles. The van der Waals surface area contributed by atoms with Gasteiger partial charge in [0.2, 0.25) is 0 Å². The van der Waals surface area contributed by atoms with Crippen LogP contribution in [0.5, 0.6) is 0 Å². The molecule has 0 amide bonds. The molecule has 7 nitrogen and oxygen atoms in total. The van der Waals surface area contributed by atoms with Gasteiger partial charge in [0.05, 0.1) is 9.85 Å². The minimum Gasteiger partial charge on any atom is -0.391 e. The number of hydrogen-bond acceptors (Lipinski definition) is 5. The molecule has 0 spiro atoms. The molecule has 2 aliphatic rings. The fourth-order valence-corrected chi connectivity index (χ4v) is 4.26. The van der Waals surface area contributed by atoms with Gasteiger partial charge in [-0.3, -0.25) is 20.2 Å². The van der Waals surface area contributed by atoms with E-state index in [-0.39, 0.29) is 21.5 Å². The lowest BCUT2D eigenvalue weighted by molar-refractivity contribution is -0.386. The molecule has 28 heavy (non-hydrogen) atoms. The van der Waals surface area contributed by atoms with Gasteiger partial charge in [0, 0.05) is 11.1 Å². The van der Waals surface area contributed by atoms with Crippen LogP contribution in [-0.2, 0) is 25.7 Å². The molecule has 0 heterocycles. The van der Waals surface area contributed by atoms with Crippen molar-refractivity contribution in [3.05, 3.63) is 70.7 Å². The number of rotatable bonds is 2. The number of nitro groups is 2. The van der Waals surface area contributed by atoms with Crippen LogP contribution < -0.4 is 5.73 Å². The van der Waals surface area contributed by atoms with Crippen LogP contribution in [0.15, 0.2) is 16.6 Å². The van der Waals surface area contributed by atoms with Crippen LogP contribution in [0.3, 0.4) is 0 Å². The Hall–Kier alpha value is -2.62. The molecular formula is C18H16BrF2N3O4. The summed E-state index contributed by atoms with van der Waals surface area (Å²) in [6.07, 6.45) is 4.43. The molecule has 2 aromatic rings. The summed E-state index contributed by atoms with van der Waals surface area (Å²) < 4.78 is 26.4. The van der Waals surface area contributed by atoms with Gasteiger partial charge in [0.15, 0.2) is 5.82 Å². The molecule has 0 bridgehead atoms. The SMILES string of the molecule is Nc1c(F)cc2c(c1[N+](=O)[O-])CCC2.O=[N+]([O-])c1c(Br)c(F)cc2c1CCC2. The van der Waals surface area contributed by atoms with Gasteiger partial charge < -0.3 is 5.73 Å². The van der Waals surface area contributed by atoms with E-state index in [2.05, 4.69) is 15.9 Å². The minimum absolute atomic E-state index is 0.0249. The van der Waals surface area contributed by atoms with Crippen LogP contribution in [0.1, 0.15) is 35.1 Å². The van der Waals surface area contributed by atoms with E-state index >= 15 is 0 Å². The van der Waals surface area contributed by atoms with E-state index in [9.17, 15) is 29.0 Å². The van der Waals surface area contributed by atoms with E-state index in [4.69, 9.17) is 5.73 Å². The number of hydrogen-bond donors (Lipinski definition) is 1. The number of anilines is 1. The fourth-order valence-electron chi connectivity index (χ4n) is 3.76. The number of nitrogen functional groups attached to an aromatic ring is 1. The third-order valence-electron chi connectivity index (χ3n) is 4.99. The Balaban J connectivity index is 0.000000161. The molecule has 0 atom stereocenters. The maximum Gasteiger partial charge on any atom is 0.298 e. The highest BCUT2D eigenvalue weighted by atomic mass is 79.9. The third kappa shape index (κ3) is 3.56. The van der Waals surface area contributed by atoms with Crippen molar-refractivity contribution in [3.63, 3.8) is 0 Å². The van der Waals surface area contributed by atoms with Crippen molar-refractivity contribution >= 4 is 33.0 Å². The Labute approximate surface area is 167 Å². The standard InChI is InChI=1S/C9H7BrFNO2.C9H9FN2O2/c10-8-7(11)4-5-2-1-3-6(5)9(8)12(13)14;10-7-4-5-2-1-3-6(5)9(8(7)11)12(13)14/h4H,1-3H2;4H,1-3,11H2. The second-order valence-electron chi connectivity index (χ2n) is 6.64. The van der Waals surface area contributed by atoms with E-state index in [1.54, 1.807) is 0 Å². The van der Waals surface area contributed by atoms with Gasteiger partial charge in [-0.25, -0.2) is 8.78 Å². The molecule has 148 valence electrons. The average Bonchev–Trinajstić information content (AvgIpc) is 3.25. The van der Waals surface area contributed by atoms with Crippen LogP contribution in [0, 0.1) is 31.9 Å². The number of nitrogens with two attached hydrogens (primary N) is 1. The lowest BCUT2D eigenvalue weighted by Gasteiger charge is -2.04. The molecule has 10 heteroatoms. The van der Waals surface area contributed by atoms with Crippen LogP contribution in [0.2, 0.25) is 0 Å². The average molecular weight is 456 g/mol. The Morgan fingerprint density at radius 1 is 0.857 bits per heavy atom. The van der Waals surface area contributed by atoms with Crippen LogP contribution in [-0.4, -0.2) is 9.85 Å². The summed E-state index contributed by atoms with van der Waals surface area (Å²) in [6, 6.07) is 2.70. The Morgan fingerprint density at radius 2 is 1.32 bits per heavy atom. The summed E-state index contributed by atoms with van der Waals surface area (Å²) in [4.78, 5) is 20.3. The monoisotopic (exact) mass is 455 g/mol. The normalized spacial score (nSPS) is 14.1. The van der Waals surface area contributed by atoms with Crippen molar-refractivity contribution in [2.24, 2.45) is 0 Å². The van der Waals surface area contributed by atoms with Crippen molar-refractivity contribution in [1.29, 1.82) is 0 Å². The summed E-state index contributed by atoms with van der Waals surface area (Å²) >= 11 is 2.92. The van der Waals surface area contributed by atoms with E-state index in [0.29, 0.717) is 30.4 Å². The zero-order valence-electron chi connectivity index (χ0n) is 14.6. The van der Waals surface area contributed by atoms with E-state index in [1.165, 1.54) is 12.1 Å². The van der Waals surface area contributed by atoms with Crippen LogP contribution >= 0.6 is 15.9 Å². The Bertz CT molecular complexity index is 918. The lowest BCUT2D eigenvalue weighted by Crippen LogP contribution is -2.03. The highest BCUT2D eigenvalue weighted by Gasteiger charge is 2.28. The summed E-state index contributed by atoms with van der Waals surface area (Å²) in [5, 5.41) is 21.4. The molecule has 0 radical (unpaired) electrons. The quantitative estimate of drug-likeness (QED) is 0.397. The predicted octanol–water partition coefficient (Wildman–Crippen LogP) is 4.79. The summed E-state index contributed by atoms with van der Waals surface area (Å²) in [5.41, 5.74) is 7.45. The smallest absolute Gasteiger partial charge is 0.298 e. The van der Waals surface area contributed by atoms with Crippen LogP contribution in [0.25, 0.3) is 0 Å². The minimum atomic E-state index is -0.683. The van der Waals surface area contributed by atoms with E-state index < -0.39 is 21.5 Å². The molecule has 0 aromatic heterocycles. The number of fused-ring (bicyclic) bond motifs is 2. The first-order valence-electron chi connectivity index (χ1n) is 8.60. The van der Waals surface area contributed by atoms with Crippen molar-refractivity contribution < 1.29 is 18.6 Å². The second kappa shape index (κ2) is 7.78. The molecule has 2 N–H and O–H groups in total. The maximum atomic E-state index is 13.2. The van der Waals surface area contributed by atoms with Crippen molar-refractivity contribution in [3.8, 4) is 0 Å². The highest BCUT2D eigenvalue weighted by Crippen LogP contribution is 2.38. The number of nitro benzene ring substituents is 2. The topological polar surface area (TPSA) is 112 Å². The number of benzene rings is 2. The van der Waals surface area contributed by atoms with Crippen LogP contribution in [0.4, 0.5) is 25.8 Å². The molecule has 0 fully saturated rings. The molecule has 0 aliphatic heterocycles. The first-order valence-corrected chi connectivity index (χ1v) is 9.40. The van der Waals surface area contributed by atoms with E-state index in [0.717, 1.165) is 30.4 Å².